The number of anilines is 2. The van der Waals surface area contributed by atoms with E-state index in [2.05, 4.69) is 22.2 Å². The molecule has 1 amide bonds. The van der Waals surface area contributed by atoms with Crippen LogP contribution in [0.4, 0.5) is 24.5 Å². The van der Waals surface area contributed by atoms with Crippen molar-refractivity contribution in [2.45, 2.75) is 6.18 Å². The molecule has 0 atom stereocenters. The van der Waals surface area contributed by atoms with Gasteiger partial charge in [0.15, 0.2) is 0 Å². The lowest BCUT2D eigenvalue weighted by molar-refractivity contribution is -0.136. The molecule has 0 spiro atoms. The van der Waals surface area contributed by atoms with Crippen LogP contribution < -0.4 is 10.6 Å². The molecule has 0 bridgehead atoms. The van der Waals surface area contributed by atoms with Crippen LogP contribution in [0.2, 0.25) is 5.02 Å². The number of alkyl halides is 3. The summed E-state index contributed by atoms with van der Waals surface area (Å²) in [6.07, 6.45) is -1.73. The summed E-state index contributed by atoms with van der Waals surface area (Å²) in [5.41, 5.74) is -0.703. The van der Waals surface area contributed by atoms with Crippen molar-refractivity contribution in [2.75, 3.05) is 11.9 Å². The van der Waals surface area contributed by atoms with E-state index in [9.17, 15) is 18.0 Å². The predicted molar refractivity (Wildman–Crippen MR) is 86.5 cm³/mol. The molecule has 8 heteroatoms. The van der Waals surface area contributed by atoms with Crippen molar-refractivity contribution >= 4 is 28.9 Å². The van der Waals surface area contributed by atoms with E-state index in [1.165, 1.54) is 36.5 Å². The fraction of sp³-hybridized carbons (Fsp3) is 0.125. The zero-order chi connectivity index (χ0) is 17.7. The fourth-order valence-corrected chi connectivity index (χ4v) is 2.08. The molecule has 0 radical (unpaired) electrons. The Balaban J connectivity index is 2.29. The van der Waals surface area contributed by atoms with Gasteiger partial charge in [0.2, 0.25) is 0 Å². The molecule has 1 aromatic heterocycles. The number of pyridine rings is 1. The summed E-state index contributed by atoms with van der Waals surface area (Å²) >= 11 is 5.64. The van der Waals surface area contributed by atoms with Gasteiger partial charge in [0.1, 0.15) is 5.69 Å². The van der Waals surface area contributed by atoms with Crippen molar-refractivity contribution in [3.63, 3.8) is 0 Å². The van der Waals surface area contributed by atoms with Gasteiger partial charge in [-0.15, -0.1) is 6.58 Å². The number of nitrogens with zero attached hydrogens (tertiary/aromatic N) is 1. The molecule has 24 heavy (non-hydrogen) atoms. The number of aromatic nitrogens is 1. The Morgan fingerprint density at radius 3 is 2.71 bits per heavy atom. The number of halogens is 4. The SMILES string of the molecule is C=CCNC(=O)c1cc(Nc2ccc(Cl)cc2C(F)(F)F)ccn1. The van der Waals surface area contributed by atoms with E-state index in [0.29, 0.717) is 5.69 Å². The maximum atomic E-state index is 13.1. The first kappa shape index (κ1) is 17.8. The number of nitrogens with one attached hydrogen (secondary N) is 2. The molecular weight excluding hydrogens is 343 g/mol. The van der Waals surface area contributed by atoms with E-state index in [4.69, 9.17) is 11.6 Å². The molecule has 2 aromatic rings. The molecule has 126 valence electrons. The van der Waals surface area contributed by atoms with Crippen LogP contribution in [0, 0.1) is 0 Å². The summed E-state index contributed by atoms with van der Waals surface area (Å²) < 4.78 is 39.3. The second kappa shape index (κ2) is 7.35. The van der Waals surface area contributed by atoms with Gasteiger partial charge in [-0.05, 0) is 30.3 Å². The molecule has 0 aliphatic heterocycles. The first-order valence-corrected chi connectivity index (χ1v) is 7.18. The van der Waals surface area contributed by atoms with E-state index < -0.39 is 17.6 Å². The summed E-state index contributed by atoms with van der Waals surface area (Å²) in [7, 11) is 0. The Morgan fingerprint density at radius 1 is 1.29 bits per heavy atom. The van der Waals surface area contributed by atoms with Gasteiger partial charge in [-0.1, -0.05) is 17.7 Å². The molecule has 0 saturated heterocycles. The predicted octanol–water partition coefficient (Wildman–Crippen LogP) is 4.41. The van der Waals surface area contributed by atoms with Gasteiger partial charge in [0, 0.05) is 23.5 Å². The zero-order valence-electron chi connectivity index (χ0n) is 12.3. The molecule has 2 N–H and O–H groups in total. The number of carbonyl (C=O) groups is 1. The molecule has 4 nitrogen and oxygen atoms in total. The molecule has 0 fully saturated rings. The van der Waals surface area contributed by atoms with Gasteiger partial charge in [-0.3, -0.25) is 9.78 Å². The lowest BCUT2D eigenvalue weighted by Crippen LogP contribution is -2.24. The highest BCUT2D eigenvalue weighted by atomic mass is 35.5. The zero-order valence-corrected chi connectivity index (χ0v) is 13.1. The number of rotatable bonds is 5. The second-order valence-corrected chi connectivity index (χ2v) is 5.18. The monoisotopic (exact) mass is 355 g/mol. The normalized spacial score (nSPS) is 11.0. The Labute approximate surface area is 141 Å². The van der Waals surface area contributed by atoms with Crippen LogP contribution in [0.3, 0.4) is 0 Å². The van der Waals surface area contributed by atoms with Crippen LogP contribution in [-0.4, -0.2) is 17.4 Å². The van der Waals surface area contributed by atoms with Crippen LogP contribution in [0.25, 0.3) is 0 Å². The third-order valence-corrected chi connectivity index (χ3v) is 3.20. The third kappa shape index (κ3) is 4.48. The first-order valence-electron chi connectivity index (χ1n) is 6.80. The van der Waals surface area contributed by atoms with Crippen molar-refractivity contribution in [3.8, 4) is 0 Å². The highest BCUT2D eigenvalue weighted by Crippen LogP contribution is 2.37. The van der Waals surface area contributed by atoms with Crippen molar-refractivity contribution in [2.24, 2.45) is 0 Å². The summed E-state index contributed by atoms with van der Waals surface area (Å²) in [5, 5.41) is 5.16. The molecule has 1 aromatic carbocycles. The molecule has 1 heterocycles. The van der Waals surface area contributed by atoms with E-state index >= 15 is 0 Å². The largest absolute Gasteiger partial charge is 0.418 e. The minimum Gasteiger partial charge on any atom is -0.355 e. The summed E-state index contributed by atoms with van der Waals surface area (Å²) in [6, 6.07) is 6.22. The second-order valence-electron chi connectivity index (χ2n) is 4.74. The maximum Gasteiger partial charge on any atom is 0.418 e. The number of amides is 1. The Hall–Kier alpha value is -2.54. The van der Waals surface area contributed by atoms with Crippen molar-refractivity contribution < 1.29 is 18.0 Å². The minimum absolute atomic E-state index is 0.0212. The standard InChI is InChI=1S/C16H13ClF3N3O/c1-2-6-22-15(24)14-9-11(5-7-21-14)23-13-4-3-10(17)8-12(13)16(18,19)20/h2-5,7-9H,1,6H2,(H,21,23)(H,22,24). The van der Waals surface area contributed by atoms with E-state index in [1.807, 2.05) is 0 Å². The molecule has 0 aliphatic carbocycles. The lowest BCUT2D eigenvalue weighted by atomic mass is 10.1. The number of carbonyl (C=O) groups excluding carboxylic acids is 1. The number of hydrogen-bond acceptors (Lipinski definition) is 3. The summed E-state index contributed by atoms with van der Waals surface area (Å²) in [5.74, 6) is -0.453. The Kier molecular flexibility index (Phi) is 5.46. The van der Waals surface area contributed by atoms with Crippen LogP contribution in [0.15, 0.2) is 49.2 Å². The van der Waals surface area contributed by atoms with Crippen LogP contribution in [0.5, 0.6) is 0 Å². The first-order chi connectivity index (χ1) is 11.3. The van der Waals surface area contributed by atoms with Gasteiger partial charge in [-0.25, -0.2) is 0 Å². The van der Waals surface area contributed by atoms with Crippen LogP contribution in [0.1, 0.15) is 16.1 Å². The van der Waals surface area contributed by atoms with Crippen LogP contribution >= 0.6 is 11.6 Å². The van der Waals surface area contributed by atoms with Crippen molar-refractivity contribution in [1.82, 2.24) is 10.3 Å². The molecule has 0 aliphatic rings. The number of hydrogen-bond donors (Lipinski definition) is 2. The van der Waals surface area contributed by atoms with Crippen molar-refractivity contribution in [3.05, 3.63) is 65.5 Å². The summed E-state index contributed by atoms with van der Waals surface area (Å²) in [6.45, 7) is 3.73. The smallest absolute Gasteiger partial charge is 0.355 e. The van der Waals surface area contributed by atoms with Crippen LogP contribution in [-0.2, 0) is 6.18 Å². The minimum atomic E-state index is -4.57. The summed E-state index contributed by atoms with van der Waals surface area (Å²) in [4.78, 5) is 15.7. The van der Waals surface area contributed by atoms with Gasteiger partial charge in [0.05, 0.1) is 11.3 Å². The molecular formula is C16H13ClF3N3O. The molecule has 0 unspecified atom stereocenters. The Morgan fingerprint density at radius 2 is 2.04 bits per heavy atom. The maximum absolute atomic E-state index is 13.1. The average Bonchev–Trinajstić information content (AvgIpc) is 2.53. The van der Waals surface area contributed by atoms with E-state index in [1.54, 1.807) is 0 Å². The molecule has 0 saturated carbocycles. The van der Waals surface area contributed by atoms with Gasteiger partial charge in [-0.2, -0.15) is 13.2 Å². The van der Waals surface area contributed by atoms with Crippen molar-refractivity contribution in [1.29, 1.82) is 0 Å². The number of benzene rings is 1. The molecule has 2 rings (SSSR count). The topological polar surface area (TPSA) is 54.0 Å². The van der Waals surface area contributed by atoms with Gasteiger partial charge >= 0.3 is 6.18 Å². The van der Waals surface area contributed by atoms with E-state index in [0.717, 1.165) is 6.07 Å². The van der Waals surface area contributed by atoms with E-state index in [-0.39, 0.29) is 22.9 Å². The Bertz CT molecular complexity index is 762. The quantitative estimate of drug-likeness (QED) is 0.781. The highest BCUT2D eigenvalue weighted by Gasteiger charge is 2.33. The van der Waals surface area contributed by atoms with Gasteiger partial charge in [0.25, 0.3) is 5.91 Å². The lowest BCUT2D eigenvalue weighted by Gasteiger charge is -2.15. The van der Waals surface area contributed by atoms with Gasteiger partial charge < -0.3 is 10.6 Å². The fourth-order valence-electron chi connectivity index (χ4n) is 1.90. The third-order valence-electron chi connectivity index (χ3n) is 2.97. The highest BCUT2D eigenvalue weighted by molar-refractivity contribution is 6.30. The average molecular weight is 356 g/mol.